The Morgan fingerprint density at radius 2 is 1.00 bits per heavy atom. The van der Waals surface area contributed by atoms with Crippen LogP contribution in [0.15, 0.2) is 128 Å². The first-order valence-corrected chi connectivity index (χ1v) is 19.3. The zero-order valence-corrected chi connectivity index (χ0v) is 32.5. The van der Waals surface area contributed by atoms with Crippen LogP contribution >= 0.6 is 0 Å². The monoisotopic (exact) mass is 779 g/mol. The standard InChI is InChI=1S/C23H23N3O3.C22H22N4O3/c1-2-29-23(28)24-19-12-11-18-10-9-17-7-3-4-8-20(17)26(21(18)15-19)22(27)16-25-13-5-6-14-25;1-2-29-22(28)24-18-10-9-17-8-7-16-5-3-4-6-19(16)26(20(17)13-18)21(27)14-25-12-11-23-15-25/h3-8,11-15H,2,9-10,16H2,1H3,(H,24,28);3-6,9-13,15H,2,7-8,14H2,1H3,(H,24,28). The van der Waals surface area contributed by atoms with Gasteiger partial charge >= 0.3 is 12.2 Å². The lowest BCUT2D eigenvalue weighted by molar-refractivity contribution is -0.119. The second-order valence-corrected chi connectivity index (χ2v) is 13.7. The molecule has 296 valence electrons. The zero-order valence-electron chi connectivity index (χ0n) is 32.5. The summed E-state index contributed by atoms with van der Waals surface area (Å²) in [6.07, 6.45) is 11.1. The highest BCUT2D eigenvalue weighted by atomic mass is 16.6. The van der Waals surface area contributed by atoms with Gasteiger partial charge < -0.3 is 18.6 Å². The Morgan fingerprint density at radius 1 is 0.552 bits per heavy atom. The number of nitrogens with one attached hydrogen (secondary N) is 2. The number of hydrogen-bond acceptors (Lipinski definition) is 7. The van der Waals surface area contributed by atoms with Gasteiger partial charge in [0, 0.05) is 36.2 Å². The van der Waals surface area contributed by atoms with Crippen LogP contribution in [0.4, 0.5) is 43.7 Å². The minimum Gasteiger partial charge on any atom is -0.450 e. The number of hydrogen-bond donors (Lipinski definition) is 2. The van der Waals surface area contributed by atoms with Gasteiger partial charge in [0.05, 0.1) is 42.3 Å². The Morgan fingerprint density at radius 3 is 1.45 bits per heavy atom. The van der Waals surface area contributed by atoms with E-state index in [1.54, 1.807) is 46.9 Å². The smallest absolute Gasteiger partial charge is 0.411 e. The highest BCUT2D eigenvalue weighted by molar-refractivity contribution is 6.04. The highest BCUT2D eigenvalue weighted by Crippen LogP contribution is 2.39. The van der Waals surface area contributed by atoms with E-state index in [-0.39, 0.29) is 24.9 Å². The average Bonchev–Trinajstić information content (AvgIpc) is 3.87. The van der Waals surface area contributed by atoms with Crippen LogP contribution < -0.4 is 20.4 Å². The van der Waals surface area contributed by atoms with Gasteiger partial charge in [0.15, 0.2) is 0 Å². The van der Waals surface area contributed by atoms with Crippen molar-refractivity contribution in [2.24, 2.45) is 0 Å². The first-order chi connectivity index (χ1) is 28.3. The molecule has 4 aromatic carbocycles. The number of aromatic nitrogens is 3. The predicted molar refractivity (Wildman–Crippen MR) is 223 cm³/mol. The minimum absolute atomic E-state index is 0.0370. The molecule has 0 saturated carbocycles. The fourth-order valence-corrected chi connectivity index (χ4v) is 7.22. The molecule has 0 unspecified atom stereocenters. The van der Waals surface area contributed by atoms with Crippen LogP contribution in [0, 0.1) is 0 Å². The van der Waals surface area contributed by atoms with Gasteiger partial charge in [-0.05, 0) is 110 Å². The number of para-hydroxylation sites is 2. The molecule has 8 rings (SSSR count). The number of carbonyl (C=O) groups excluding carboxylic acids is 4. The molecule has 0 bridgehead atoms. The van der Waals surface area contributed by atoms with E-state index in [2.05, 4.69) is 27.8 Å². The molecular formula is C45H45N7O6. The Bertz CT molecular complexity index is 2230. The van der Waals surface area contributed by atoms with Crippen molar-refractivity contribution in [1.82, 2.24) is 14.1 Å². The van der Waals surface area contributed by atoms with E-state index in [4.69, 9.17) is 9.47 Å². The maximum absolute atomic E-state index is 13.4. The molecule has 58 heavy (non-hydrogen) atoms. The van der Waals surface area contributed by atoms with Crippen LogP contribution in [0.2, 0.25) is 0 Å². The van der Waals surface area contributed by atoms with Crippen molar-refractivity contribution >= 4 is 58.1 Å². The first kappa shape index (κ1) is 39.1. The molecule has 0 saturated heterocycles. The number of rotatable bonds is 8. The summed E-state index contributed by atoms with van der Waals surface area (Å²) >= 11 is 0. The summed E-state index contributed by atoms with van der Waals surface area (Å²) < 4.78 is 13.6. The van der Waals surface area contributed by atoms with Crippen molar-refractivity contribution < 1.29 is 28.7 Å². The Kier molecular flexibility index (Phi) is 12.3. The first-order valence-electron chi connectivity index (χ1n) is 19.3. The molecule has 0 spiro atoms. The van der Waals surface area contributed by atoms with Crippen LogP contribution in [-0.2, 0) is 57.8 Å². The van der Waals surface area contributed by atoms with E-state index in [9.17, 15) is 19.2 Å². The summed E-state index contributed by atoms with van der Waals surface area (Å²) in [5.41, 5.74) is 8.86. The summed E-state index contributed by atoms with van der Waals surface area (Å²) in [4.78, 5) is 58.0. The summed E-state index contributed by atoms with van der Waals surface area (Å²) in [5.74, 6) is -0.114. The third-order valence-electron chi connectivity index (χ3n) is 9.85. The van der Waals surface area contributed by atoms with Crippen LogP contribution in [0.5, 0.6) is 0 Å². The van der Waals surface area contributed by atoms with Crippen molar-refractivity contribution in [3.63, 3.8) is 0 Å². The van der Waals surface area contributed by atoms with Crippen molar-refractivity contribution in [1.29, 1.82) is 0 Å². The van der Waals surface area contributed by atoms with Gasteiger partial charge in [-0.3, -0.25) is 30.0 Å². The molecule has 4 amide bonds. The molecule has 0 aliphatic carbocycles. The van der Waals surface area contributed by atoms with Crippen molar-refractivity contribution in [2.45, 2.75) is 52.6 Å². The Hall–Kier alpha value is -7.15. The fraction of sp³-hybridized carbons (Fsp3) is 0.222. The van der Waals surface area contributed by atoms with Gasteiger partial charge in [0.1, 0.15) is 13.1 Å². The van der Waals surface area contributed by atoms with Gasteiger partial charge in [0.25, 0.3) is 11.8 Å². The topological polar surface area (TPSA) is 140 Å². The average molecular weight is 780 g/mol. The lowest BCUT2D eigenvalue weighted by Gasteiger charge is -2.26. The number of amides is 4. The molecule has 13 heteroatoms. The maximum Gasteiger partial charge on any atom is 0.411 e. The predicted octanol–water partition coefficient (Wildman–Crippen LogP) is 8.44. The molecule has 2 aliphatic heterocycles. The Labute approximate surface area is 336 Å². The van der Waals surface area contributed by atoms with Crippen molar-refractivity contribution in [3.05, 3.63) is 150 Å². The minimum atomic E-state index is -0.516. The SMILES string of the molecule is CCOC(=O)Nc1ccc2c(c1)N(C(=O)Cn1cccc1)c1ccccc1CC2.CCOC(=O)Nc1ccc2c(c1)N(C(=O)Cn1ccnc1)c1ccccc1CC2. The Balaban J connectivity index is 0.000000177. The number of benzene rings is 4. The van der Waals surface area contributed by atoms with Crippen LogP contribution in [-0.4, -0.2) is 51.3 Å². The fourth-order valence-electron chi connectivity index (χ4n) is 7.22. The molecule has 0 fully saturated rings. The molecule has 2 aliphatic rings. The molecule has 4 heterocycles. The molecule has 6 aromatic rings. The number of anilines is 6. The lowest BCUT2D eigenvalue weighted by Crippen LogP contribution is -2.30. The third-order valence-corrected chi connectivity index (χ3v) is 9.85. The number of carbonyl (C=O) groups is 4. The normalized spacial score (nSPS) is 12.5. The van der Waals surface area contributed by atoms with E-state index in [1.807, 2.05) is 102 Å². The number of fused-ring (bicyclic) bond motifs is 4. The molecule has 0 atom stereocenters. The van der Waals surface area contributed by atoms with Crippen molar-refractivity contribution in [2.75, 3.05) is 33.6 Å². The van der Waals surface area contributed by atoms with Gasteiger partial charge in [0.2, 0.25) is 0 Å². The van der Waals surface area contributed by atoms with Crippen LogP contribution in [0.25, 0.3) is 0 Å². The molecule has 0 radical (unpaired) electrons. The number of imidazole rings is 1. The van der Waals surface area contributed by atoms with E-state index in [0.29, 0.717) is 24.6 Å². The van der Waals surface area contributed by atoms with Gasteiger partial charge in [-0.1, -0.05) is 48.5 Å². The zero-order chi connectivity index (χ0) is 40.4. The number of aryl methyl sites for hydroxylation is 4. The summed E-state index contributed by atoms with van der Waals surface area (Å²) in [5, 5.41) is 5.47. The van der Waals surface area contributed by atoms with Gasteiger partial charge in [-0.15, -0.1) is 0 Å². The number of ether oxygens (including phenoxy) is 2. The van der Waals surface area contributed by atoms with Crippen LogP contribution in [0.3, 0.4) is 0 Å². The highest BCUT2D eigenvalue weighted by Gasteiger charge is 2.28. The molecule has 2 N–H and O–H groups in total. The van der Waals surface area contributed by atoms with Crippen molar-refractivity contribution in [3.8, 4) is 0 Å². The van der Waals surface area contributed by atoms with Gasteiger partial charge in [-0.25, -0.2) is 14.6 Å². The largest absolute Gasteiger partial charge is 0.450 e. The quantitative estimate of drug-likeness (QED) is 0.158. The summed E-state index contributed by atoms with van der Waals surface area (Å²) in [6.45, 7) is 4.50. The summed E-state index contributed by atoms with van der Waals surface area (Å²) in [7, 11) is 0. The molecule has 2 aromatic heterocycles. The number of nitrogens with zero attached hydrogens (tertiary/aromatic N) is 5. The van der Waals surface area contributed by atoms with E-state index >= 15 is 0 Å². The molecule has 13 nitrogen and oxygen atoms in total. The third kappa shape index (κ3) is 9.10. The second-order valence-electron chi connectivity index (χ2n) is 13.7. The van der Waals surface area contributed by atoms with Crippen LogP contribution in [0.1, 0.15) is 36.1 Å². The lowest BCUT2D eigenvalue weighted by atomic mass is 10.0. The maximum atomic E-state index is 13.4. The van der Waals surface area contributed by atoms with Gasteiger partial charge in [-0.2, -0.15) is 0 Å². The van der Waals surface area contributed by atoms with E-state index in [1.165, 1.54) is 0 Å². The molecular weight excluding hydrogens is 735 g/mol. The second kappa shape index (κ2) is 18.2. The van der Waals surface area contributed by atoms with E-state index in [0.717, 1.165) is 70.7 Å². The van der Waals surface area contributed by atoms with E-state index < -0.39 is 12.2 Å². The summed E-state index contributed by atoms with van der Waals surface area (Å²) in [6, 6.07) is 31.0.